The Morgan fingerprint density at radius 2 is 2.10 bits per heavy atom. The van der Waals surface area contributed by atoms with Crippen molar-refractivity contribution in [3.05, 3.63) is 0 Å². The third kappa shape index (κ3) is 1.85. The standard InChI is InChI=1S/C6H11NO2.ClH/c7-3-4-1-5(2-4)6(8)9;/h4-5H,1-3,7H2,(H,8,9);1H. The number of nitrogens with two attached hydrogens (primary N) is 1. The first-order chi connectivity index (χ1) is 4.24. The van der Waals surface area contributed by atoms with Gasteiger partial charge in [0.05, 0.1) is 5.92 Å². The van der Waals surface area contributed by atoms with Gasteiger partial charge >= 0.3 is 5.97 Å². The van der Waals surface area contributed by atoms with Gasteiger partial charge in [-0.25, -0.2) is 0 Å². The van der Waals surface area contributed by atoms with Gasteiger partial charge in [0.25, 0.3) is 0 Å². The first kappa shape index (κ1) is 9.72. The van der Waals surface area contributed by atoms with E-state index in [0.717, 1.165) is 12.8 Å². The van der Waals surface area contributed by atoms with Crippen LogP contribution in [0.2, 0.25) is 0 Å². The van der Waals surface area contributed by atoms with Gasteiger partial charge in [-0.05, 0) is 25.3 Å². The van der Waals surface area contributed by atoms with Crippen LogP contribution in [-0.2, 0) is 4.79 Å². The van der Waals surface area contributed by atoms with E-state index in [2.05, 4.69) is 0 Å². The minimum absolute atomic E-state index is 0. The van der Waals surface area contributed by atoms with Crippen molar-refractivity contribution in [3.63, 3.8) is 0 Å². The fourth-order valence-corrected chi connectivity index (χ4v) is 1.13. The summed E-state index contributed by atoms with van der Waals surface area (Å²) >= 11 is 0. The van der Waals surface area contributed by atoms with E-state index >= 15 is 0 Å². The maximum Gasteiger partial charge on any atom is 0.306 e. The molecule has 0 aromatic heterocycles. The molecule has 0 atom stereocenters. The molecule has 0 aliphatic heterocycles. The molecule has 0 aromatic rings. The van der Waals surface area contributed by atoms with Crippen molar-refractivity contribution in [2.75, 3.05) is 6.54 Å². The summed E-state index contributed by atoms with van der Waals surface area (Å²) in [6, 6.07) is 0. The monoisotopic (exact) mass is 165 g/mol. The normalized spacial score (nSPS) is 30.1. The molecular formula is C6H12ClNO2. The van der Waals surface area contributed by atoms with Gasteiger partial charge in [-0.2, -0.15) is 0 Å². The molecule has 10 heavy (non-hydrogen) atoms. The summed E-state index contributed by atoms with van der Waals surface area (Å²) in [6.07, 6.45) is 1.57. The molecule has 0 heterocycles. The molecule has 1 fully saturated rings. The molecule has 1 saturated carbocycles. The second-order valence-electron chi connectivity index (χ2n) is 2.61. The number of halogens is 1. The zero-order valence-electron chi connectivity index (χ0n) is 5.62. The fourth-order valence-electron chi connectivity index (χ4n) is 1.13. The number of aliphatic carboxylic acids is 1. The summed E-state index contributed by atoms with van der Waals surface area (Å²) < 4.78 is 0. The van der Waals surface area contributed by atoms with Crippen molar-refractivity contribution in [1.82, 2.24) is 0 Å². The predicted octanol–water partition coefficient (Wildman–Crippen LogP) is 0.478. The lowest BCUT2D eigenvalue weighted by Gasteiger charge is -2.30. The van der Waals surface area contributed by atoms with Gasteiger partial charge in [0.1, 0.15) is 0 Å². The van der Waals surface area contributed by atoms with Gasteiger partial charge in [-0.15, -0.1) is 12.4 Å². The lowest BCUT2D eigenvalue weighted by Crippen LogP contribution is -2.34. The number of hydrogen-bond donors (Lipinski definition) is 2. The smallest absolute Gasteiger partial charge is 0.306 e. The van der Waals surface area contributed by atoms with Crippen LogP contribution in [0.25, 0.3) is 0 Å². The highest BCUT2D eigenvalue weighted by molar-refractivity contribution is 5.85. The van der Waals surface area contributed by atoms with E-state index in [1.165, 1.54) is 0 Å². The van der Waals surface area contributed by atoms with Gasteiger partial charge in [-0.3, -0.25) is 4.79 Å². The molecular weight excluding hydrogens is 154 g/mol. The SMILES string of the molecule is Cl.NCC1CC(C(=O)O)C1. The highest BCUT2D eigenvalue weighted by Crippen LogP contribution is 2.32. The van der Waals surface area contributed by atoms with E-state index in [4.69, 9.17) is 10.8 Å². The van der Waals surface area contributed by atoms with Gasteiger partial charge in [0.2, 0.25) is 0 Å². The lowest BCUT2D eigenvalue weighted by atomic mass is 9.75. The van der Waals surface area contributed by atoms with Crippen LogP contribution in [0.4, 0.5) is 0 Å². The van der Waals surface area contributed by atoms with Crippen LogP contribution in [-0.4, -0.2) is 17.6 Å². The second-order valence-corrected chi connectivity index (χ2v) is 2.61. The van der Waals surface area contributed by atoms with Gasteiger partial charge < -0.3 is 10.8 Å². The minimum Gasteiger partial charge on any atom is -0.481 e. The van der Waals surface area contributed by atoms with Crippen LogP contribution in [0.15, 0.2) is 0 Å². The second kappa shape index (κ2) is 3.78. The quantitative estimate of drug-likeness (QED) is 0.626. The summed E-state index contributed by atoms with van der Waals surface area (Å²) in [4.78, 5) is 10.2. The van der Waals surface area contributed by atoms with Crippen LogP contribution < -0.4 is 5.73 Å². The Morgan fingerprint density at radius 3 is 2.40 bits per heavy atom. The zero-order chi connectivity index (χ0) is 6.85. The first-order valence-electron chi connectivity index (χ1n) is 3.17. The lowest BCUT2D eigenvalue weighted by molar-refractivity contribution is -0.146. The Balaban J connectivity index is 0.000000810. The van der Waals surface area contributed by atoms with Crippen molar-refractivity contribution >= 4 is 18.4 Å². The topological polar surface area (TPSA) is 63.3 Å². The molecule has 3 N–H and O–H groups in total. The molecule has 0 unspecified atom stereocenters. The fraction of sp³-hybridized carbons (Fsp3) is 0.833. The number of rotatable bonds is 2. The zero-order valence-corrected chi connectivity index (χ0v) is 6.43. The van der Waals surface area contributed by atoms with E-state index < -0.39 is 5.97 Å². The van der Waals surface area contributed by atoms with Gasteiger partial charge in [0.15, 0.2) is 0 Å². The summed E-state index contributed by atoms with van der Waals surface area (Å²) in [5, 5.41) is 8.41. The molecule has 0 saturated heterocycles. The maximum atomic E-state index is 10.2. The summed E-state index contributed by atoms with van der Waals surface area (Å²) in [6.45, 7) is 0.643. The minimum atomic E-state index is -0.667. The molecule has 60 valence electrons. The Hall–Kier alpha value is -0.280. The van der Waals surface area contributed by atoms with Crippen molar-refractivity contribution in [2.24, 2.45) is 17.6 Å². The summed E-state index contributed by atoms with van der Waals surface area (Å²) in [5.41, 5.74) is 5.30. The van der Waals surface area contributed by atoms with E-state index in [1.807, 2.05) is 0 Å². The molecule has 0 bridgehead atoms. The van der Waals surface area contributed by atoms with Crippen molar-refractivity contribution in [1.29, 1.82) is 0 Å². The average molecular weight is 166 g/mol. The Bertz CT molecular complexity index is 123. The van der Waals surface area contributed by atoms with Crippen LogP contribution in [0.3, 0.4) is 0 Å². The number of carboxylic acid groups (broad SMARTS) is 1. The van der Waals surface area contributed by atoms with Gasteiger partial charge in [-0.1, -0.05) is 0 Å². The Morgan fingerprint density at radius 1 is 1.60 bits per heavy atom. The molecule has 4 heteroatoms. The summed E-state index contributed by atoms with van der Waals surface area (Å²) in [5.74, 6) is -0.288. The molecule has 0 amide bonds. The Labute approximate surface area is 66.0 Å². The van der Waals surface area contributed by atoms with E-state index in [1.54, 1.807) is 0 Å². The van der Waals surface area contributed by atoms with Crippen LogP contribution in [0.5, 0.6) is 0 Å². The Kier molecular flexibility index (Phi) is 3.68. The maximum absolute atomic E-state index is 10.2. The molecule has 1 rings (SSSR count). The van der Waals surface area contributed by atoms with E-state index in [-0.39, 0.29) is 18.3 Å². The van der Waals surface area contributed by atoms with Crippen molar-refractivity contribution in [2.45, 2.75) is 12.8 Å². The van der Waals surface area contributed by atoms with E-state index in [9.17, 15) is 4.79 Å². The van der Waals surface area contributed by atoms with Crippen LogP contribution >= 0.6 is 12.4 Å². The largest absolute Gasteiger partial charge is 0.481 e. The molecule has 0 radical (unpaired) electrons. The summed E-state index contributed by atoms with van der Waals surface area (Å²) in [7, 11) is 0. The average Bonchev–Trinajstić information content (AvgIpc) is 1.61. The molecule has 1 aliphatic carbocycles. The predicted molar refractivity (Wildman–Crippen MR) is 40.2 cm³/mol. The molecule has 0 spiro atoms. The van der Waals surface area contributed by atoms with Crippen molar-refractivity contribution < 1.29 is 9.90 Å². The number of carboxylic acids is 1. The highest BCUT2D eigenvalue weighted by atomic mass is 35.5. The van der Waals surface area contributed by atoms with Crippen LogP contribution in [0.1, 0.15) is 12.8 Å². The van der Waals surface area contributed by atoms with Crippen LogP contribution in [0, 0.1) is 11.8 Å². The van der Waals surface area contributed by atoms with Crippen molar-refractivity contribution in [3.8, 4) is 0 Å². The number of carbonyl (C=O) groups is 1. The molecule has 0 aromatic carbocycles. The molecule has 3 nitrogen and oxygen atoms in total. The third-order valence-electron chi connectivity index (χ3n) is 1.92. The number of hydrogen-bond acceptors (Lipinski definition) is 2. The third-order valence-corrected chi connectivity index (χ3v) is 1.92. The highest BCUT2D eigenvalue weighted by Gasteiger charge is 2.32. The van der Waals surface area contributed by atoms with Gasteiger partial charge in [0, 0.05) is 0 Å². The van der Waals surface area contributed by atoms with E-state index in [0.29, 0.717) is 12.5 Å². The first-order valence-corrected chi connectivity index (χ1v) is 3.17. The molecule has 1 aliphatic rings.